The van der Waals surface area contributed by atoms with Crippen LogP contribution in [0.5, 0.6) is 0 Å². The summed E-state index contributed by atoms with van der Waals surface area (Å²) >= 11 is 0. The average molecular weight is 408 g/mol. The minimum absolute atomic E-state index is 0.0642. The molecule has 8 heteroatoms. The number of carbonyl (C=O) groups excluding carboxylic acids is 1. The summed E-state index contributed by atoms with van der Waals surface area (Å²) in [5, 5.41) is 4.08. The molecular formula is C22H24N4O4. The van der Waals surface area contributed by atoms with Gasteiger partial charge in [-0.2, -0.15) is 4.98 Å². The lowest BCUT2D eigenvalue weighted by Crippen LogP contribution is -2.45. The quantitative estimate of drug-likeness (QED) is 0.627. The van der Waals surface area contributed by atoms with Crippen LogP contribution in [0.2, 0.25) is 0 Å². The predicted octanol–water partition coefficient (Wildman–Crippen LogP) is 2.79. The van der Waals surface area contributed by atoms with Crippen LogP contribution in [0.1, 0.15) is 35.8 Å². The van der Waals surface area contributed by atoms with E-state index in [0.717, 1.165) is 10.9 Å². The number of benzene rings is 1. The Labute approximate surface area is 173 Å². The maximum atomic E-state index is 12.5. The molecule has 1 aliphatic heterocycles. The number of hydrogen-bond acceptors (Lipinski definition) is 7. The van der Waals surface area contributed by atoms with Crippen molar-refractivity contribution < 1.29 is 14.3 Å². The van der Waals surface area contributed by atoms with Gasteiger partial charge in [-0.05, 0) is 30.7 Å². The summed E-state index contributed by atoms with van der Waals surface area (Å²) < 4.78 is 11.8. The van der Waals surface area contributed by atoms with Crippen LogP contribution in [0, 0.1) is 5.41 Å². The fraction of sp³-hybridized carbons (Fsp3) is 0.364. The molecule has 2 aromatic heterocycles. The van der Waals surface area contributed by atoms with Crippen molar-refractivity contribution in [3.63, 3.8) is 0 Å². The number of ether oxygens (including phenoxy) is 2. The number of nitrogens with one attached hydrogen (secondary N) is 1. The van der Waals surface area contributed by atoms with Crippen LogP contribution in [0.25, 0.3) is 11.0 Å². The molecule has 0 radical (unpaired) electrons. The van der Waals surface area contributed by atoms with Gasteiger partial charge in [-0.1, -0.05) is 19.1 Å². The molecule has 0 aliphatic carbocycles. The molecule has 1 saturated heterocycles. The van der Waals surface area contributed by atoms with Crippen molar-refractivity contribution in [1.29, 1.82) is 0 Å². The maximum Gasteiger partial charge on any atom is 0.337 e. The Morgan fingerprint density at radius 3 is 2.63 bits per heavy atom. The summed E-state index contributed by atoms with van der Waals surface area (Å²) in [7, 11) is 1.36. The van der Waals surface area contributed by atoms with E-state index in [4.69, 9.17) is 9.47 Å². The van der Waals surface area contributed by atoms with E-state index in [1.807, 2.05) is 19.1 Å². The number of fused-ring (bicyclic) bond motifs is 1. The zero-order valence-corrected chi connectivity index (χ0v) is 17.2. The van der Waals surface area contributed by atoms with Gasteiger partial charge in [0.25, 0.3) is 5.56 Å². The van der Waals surface area contributed by atoms with Gasteiger partial charge >= 0.3 is 5.97 Å². The molecule has 0 spiro atoms. The molecule has 3 aromatic rings. The van der Waals surface area contributed by atoms with Crippen molar-refractivity contribution in [3.05, 3.63) is 64.1 Å². The first kappa shape index (κ1) is 20.0. The summed E-state index contributed by atoms with van der Waals surface area (Å²) in [6.07, 6.45) is 1.72. The van der Waals surface area contributed by atoms with Gasteiger partial charge < -0.3 is 14.8 Å². The highest BCUT2D eigenvalue weighted by Crippen LogP contribution is 2.29. The van der Waals surface area contributed by atoms with Crippen molar-refractivity contribution in [1.82, 2.24) is 14.5 Å². The smallest absolute Gasteiger partial charge is 0.337 e. The van der Waals surface area contributed by atoms with Crippen LogP contribution in [-0.2, 0) is 16.0 Å². The summed E-state index contributed by atoms with van der Waals surface area (Å²) in [5.74, 6) is 0.0601. The monoisotopic (exact) mass is 408 g/mol. The summed E-state index contributed by atoms with van der Waals surface area (Å²) in [6.45, 7) is 5.88. The second kappa shape index (κ2) is 7.87. The van der Waals surface area contributed by atoms with Crippen LogP contribution in [0.15, 0.2) is 47.4 Å². The molecule has 1 aliphatic rings. The van der Waals surface area contributed by atoms with Gasteiger partial charge in [0, 0.05) is 29.6 Å². The molecule has 0 amide bonds. The van der Waals surface area contributed by atoms with Crippen LogP contribution < -0.4 is 10.9 Å². The number of methoxy groups -OCH3 is 1. The van der Waals surface area contributed by atoms with Gasteiger partial charge in [0.1, 0.15) is 5.65 Å². The summed E-state index contributed by atoms with van der Waals surface area (Å²) in [4.78, 5) is 33.1. The Morgan fingerprint density at radius 1 is 1.27 bits per heavy atom. The van der Waals surface area contributed by atoms with Crippen molar-refractivity contribution in [2.45, 2.75) is 26.4 Å². The highest BCUT2D eigenvalue weighted by molar-refractivity contribution is 5.89. The van der Waals surface area contributed by atoms with Gasteiger partial charge in [0.15, 0.2) is 0 Å². The number of anilines is 1. The molecule has 1 atom stereocenters. The largest absolute Gasteiger partial charge is 0.465 e. The van der Waals surface area contributed by atoms with Crippen LogP contribution >= 0.6 is 0 Å². The molecule has 1 aromatic carbocycles. The number of aromatic nitrogens is 3. The van der Waals surface area contributed by atoms with Crippen LogP contribution in [0.4, 0.5) is 5.95 Å². The van der Waals surface area contributed by atoms with Crippen molar-refractivity contribution in [2.75, 3.05) is 25.6 Å². The zero-order chi connectivity index (χ0) is 21.3. The van der Waals surface area contributed by atoms with Crippen LogP contribution in [0.3, 0.4) is 0 Å². The molecule has 3 heterocycles. The second-order valence-corrected chi connectivity index (χ2v) is 8.01. The predicted molar refractivity (Wildman–Crippen MR) is 113 cm³/mol. The minimum Gasteiger partial charge on any atom is -0.465 e. The van der Waals surface area contributed by atoms with E-state index in [-0.39, 0.29) is 23.0 Å². The van der Waals surface area contributed by atoms with Crippen molar-refractivity contribution in [2.24, 2.45) is 5.41 Å². The molecule has 1 unspecified atom stereocenters. The SMILES string of the molecule is COC(=O)c1ccc(C(C)Nc2ncc3ccc(=O)n(CC4(C)COC4)c3n2)cc1. The Bertz CT molecular complexity index is 1140. The van der Waals surface area contributed by atoms with Crippen molar-refractivity contribution in [3.8, 4) is 0 Å². The average Bonchev–Trinajstić information content (AvgIpc) is 2.74. The lowest BCUT2D eigenvalue weighted by molar-refractivity contribution is -0.110. The molecular weight excluding hydrogens is 384 g/mol. The van der Waals surface area contributed by atoms with E-state index in [9.17, 15) is 9.59 Å². The van der Waals surface area contributed by atoms with Gasteiger partial charge in [-0.25, -0.2) is 9.78 Å². The third-order valence-corrected chi connectivity index (χ3v) is 5.34. The zero-order valence-electron chi connectivity index (χ0n) is 17.2. The first-order valence-electron chi connectivity index (χ1n) is 9.78. The van der Waals surface area contributed by atoms with Gasteiger partial charge in [0.05, 0.1) is 31.9 Å². The van der Waals surface area contributed by atoms with Gasteiger partial charge in [-0.3, -0.25) is 9.36 Å². The number of esters is 1. The molecule has 1 fully saturated rings. The molecule has 0 bridgehead atoms. The van der Waals surface area contributed by atoms with Crippen LogP contribution in [-0.4, -0.2) is 40.8 Å². The van der Waals surface area contributed by atoms with E-state index >= 15 is 0 Å². The van der Waals surface area contributed by atoms with E-state index < -0.39 is 0 Å². The maximum absolute atomic E-state index is 12.5. The number of rotatable bonds is 6. The Hall–Kier alpha value is -3.26. The fourth-order valence-corrected chi connectivity index (χ4v) is 3.52. The van der Waals surface area contributed by atoms with Gasteiger partial charge in [-0.15, -0.1) is 0 Å². The standard InChI is InChI=1S/C22H24N4O4/c1-14(15-4-6-16(7-5-15)20(28)29-3)24-21-23-10-17-8-9-18(27)26(19(17)25-21)11-22(2)12-30-13-22/h4-10,14H,11-13H2,1-3H3,(H,23,24,25). The normalized spacial score (nSPS) is 16.0. The molecule has 1 N–H and O–H groups in total. The molecule has 8 nitrogen and oxygen atoms in total. The number of hydrogen-bond donors (Lipinski definition) is 1. The summed E-state index contributed by atoms with van der Waals surface area (Å²) in [6, 6.07) is 10.4. The third kappa shape index (κ3) is 3.91. The first-order chi connectivity index (χ1) is 14.4. The summed E-state index contributed by atoms with van der Waals surface area (Å²) in [5.41, 5.74) is 1.91. The molecule has 0 saturated carbocycles. The first-order valence-corrected chi connectivity index (χ1v) is 9.78. The Kier molecular flexibility index (Phi) is 5.26. The Morgan fingerprint density at radius 2 is 2.00 bits per heavy atom. The lowest BCUT2D eigenvalue weighted by Gasteiger charge is -2.38. The highest BCUT2D eigenvalue weighted by atomic mass is 16.5. The van der Waals surface area contributed by atoms with Crippen molar-refractivity contribution >= 4 is 23.0 Å². The molecule has 30 heavy (non-hydrogen) atoms. The van der Waals surface area contributed by atoms with Gasteiger partial charge in [0.2, 0.25) is 5.95 Å². The number of carbonyl (C=O) groups is 1. The molecule has 4 rings (SSSR count). The molecule has 156 valence electrons. The highest BCUT2D eigenvalue weighted by Gasteiger charge is 2.34. The third-order valence-electron chi connectivity index (χ3n) is 5.34. The minimum atomic E-state index is -0.372. The fourth-order valence-electron chi connectivity index (χ4n) is 3.52. The van der Waals surface area contributed by atoms with E-state index in [2.05, 4.69) is 22.2 Å². The van der Waals surface area contributed by atoms with E-state index in [1.165, 1.54) is 7.11 Å². The van der Waals surface area contributed by atoms with E-state index in [0.29, 0.717) is 36.9 Å². The topological polar surface area (TPSA) is 95.3 Å². The lowest BCUT2D eigenvalue weighted by atomic mass is 9.88. The van der Waals surface area contributed by atoms with E-state index in [1.54, 1.807) is 35.0 Å². The second-order valence-electron chi connectivity index (χ2n) is 8.01. The number of pyridine rings is 1. The Balaban J connectivity index is 1.60. The number of nitrogens with zero attached hydrogens (tertiary/aromatic N) is 3.